The van der Waals surface area contributed by atoms with Crippen LogP contribution in [0.5, 0.6) is 0 Å². The molecule has 1 saturated carbocycles. The van der Waals surface area contributed by atoms with Crippen molar-refractivity contribution in [1.29, 1.82) is 0 Å². The van der Waals surface area contributed by atoms with Gasteiger partial charge in [-0.2, -0.15) is 0 Å². The second kappa shape index (κ2) is 5.69. The van der Waals surface area contributed by atoms with Crippen LogP contribution < -0.4 is 10.0 Å². The highest BCUT2D eigenvalue weighted by molar-refractivity contribution is 7.89. The maximum atomic E-state index is 12.6. The van der Waals surface area contributed by atoms with Gasteiger partial charge in [0.05, 0.1) is 5.69 Å². The van der Waals surface area contributed by atoms with E-state index >= 15 is 0 Å². The topological polar surface area (TPSA) is 71.1 Å². The smallest absolute Gasteiger partial charge is 0.244 e. The lowest BCUT2D eigenvalue weighted by atomic mass is 10.0. The number of hydrogen-bond donors (Lipinski definition) is 2. The third kappa shape index (κ3) is 3.49. The molecule has 0 aromatic carbocycles. The van der Waals surface area contributed by atoms with E-state index in [0.717, 1.165) is 25.8 Å². The molecule has 112 valence electrons. The molecule has 1 aromatic rings. The summed E-state index contributed by atoms with van der Waals surface area (Å²) in [5.74, 6) is 0.431. The second-order valence-electron chi connectivity index (χ2n) is 5.90. The average Bonchev–Trinajstić information content (AvgIpc) is 3.20. The van der Waals surface area contributed by atoms with E-state index in [1.54, 1.807) is 12.3 Å². The Labute approximate surface area is 121 Å². The number of anilines is 1. The lowest BCUT2D eigenvalue weighted by Crippen LogP contribution is -2.45. The number of nitrogens with zero attached hydrogens (tertiary/aromatic N) is 1. The third-order valence-corrected chi connectivity index (χ3v) is 5.33. The molecule has 0 spiro atoms. The van der Waals surface area contributed by atoms with Crippen molar-refractivity contribution in [2.45, 2.75) is 50.5 Å². The predicted molar refractivity (Wildman–Crippen MR) is 80.1 cm³/mol. The third-order valence-electron chi connectivity index (χ3n) is 3.63. The Kier molecular flexibility index (Phi) is 4.34. The summed E-state index contributed by atoms with van der Waals surface area (Å²) in [5, 5.41) is 3.14. The van der Waals surface area contributed by atoms with Crippen molar-refractivity contribution in [2.24, 2.45) is 5.92 Å². The summed E-state index contributed by atoms with van der Waals surface area (Å²) in [6.45, 7) is 6.66. The van der Waals surface area contributed by atoms with Crippen LogP contribution in [0.2, 0.25) is 0 Å². The highest BCUT2D eigenvalue weighted by Gasteiger charge is 2.41. The van der Waals surface area contributed by atoms with Crippen molar-refractivity contribution < 1.29 is 8.42 Å². The van der Waals surface area contributed by atoms with Crippen LogP contribution in [0, 0.1) is 5.92 Å². The first-order valence-corrected chi connectivity index (χ1v) is 8.57. The zero-order valence-corrected chi connectivity index (χ0v) is 13.1. The molecule has 0 amide bonds. The molecule has 1 heterocycles. The van der Waals surface area contributed by atoms with Crippen LogP contribution >= 0.6 is 0 Å². The Bertz CT molecular complexity index is 566. The minimum Gasteiger partial charge on any atom is -0.384 e. The molecule has 1 aromatic heterocycles. The monoisotopic (exact) mass is 297 g/mol. The lowest BCUT2D eigenvalue weighted by Gasteiger charge is -2.26. The predicted octanol–water partition coefficient (Wildman–Crippen LogP) is 2.37. The molecule has 0 saturated heterocycles. The summed E-state index contributed by atoms with van der Waals surface area (Å²) >= 11 is 0. The van der Waals surface area contributed by atoms with Crippen molar-refractivity contribution in [3.05, 3.63) is 18.5 Å². The van der Waals surface area contributed by atoms with E-state index < -0.39 is 15.6 Å². The van der Waals surface area contributed by atoms with Crippen LogP contribution in [0.1, 0.15) is 40.0 Å². The van der Waals surface area contributed by atoms with Crippen molar-refractivity contribution in [3.63, 3.8) is 0 Å². The zero-order chi connectivity index (χ0) is 14.8. The molecule has 0 atom stereocenters. The maximum absolute atomic E-state index is 12.6. The number of nitrogens with one attached hydrogen (secondary N) is 2. The SMILES string of the molecule is CCCNc1ccncc1S(=O)(=O)NC(C)(C)C1CC1. The van der Waals surface area contributed by atoms with Crippen molar-refractivity contribution >= 4 is 15.7 Å². The van der Waals surface area contributed by atoms with Gasteiger partial charge in [0.15, 0.2) is 0 Å². The van der Waals surface area contributed by atoms with Gasteiger partial charge in [0, 0.05) is 24.5 Å². The van der Waals surface area contributed by atoms with Crippen LogP contribution in [-0.4, -0.2) is 25.5 Å². The summed E-state index contributed by atoms with van der Waals surface area (Å²) in [4.78, 5) is 4.18. The van der Waals surface area contributed by atoms with E-state index in [2.05, 4.69) is 15.0 Å². The van der Waals surface area contributed by atoms with Crippen LogP contribution in [0.3, 0.4) is 0 Å². The van der Waals surface area contributed by atoms with Gasteiger partial charge in [-0.25, -0.2) is 13.1 Å². The first kappa shape index (κ1) is 15.3. The Balaban J connectivity index is 2.24. The summed E-state index contributed by atoms with van der Waals surface area (Å²) in [6, 6.07) is 1.70. The molecular formula is C14H23N3O2S. The van der Waals surface area contributed by atoms with Gasteiger partial charge < -0.3 is 5.32 Å². The zero-order valence-electron chi connectivity index (χ0n) is 12.3. The van der Waals surface area contributed by atoms with Gasteiger partial charge in [-0.05, 0) is 45.1 Å². The molecule has 20 heavy (non-hydrogen) atoms. The van der Waals surface area contributed by atoms with Crippen LogP contribution in [0.15, 0.2) is 23.4 Å². The minimum atomic E-state index is -3.56. The van der Waals surface area contributed by atoms with Gasteiger partial charge in [0.1, 0.15) is 4.90 Å². The standard InChI is InChI=1S/C14H23N3O2S/c1-4-8-16-12-7-9-15-10-13(12)20(18,19)17-14(2,3)11-5-6-11/h7,9-11,17H,4-6,8H2,1-3H3,(H,15,16). The number of sulfonamides is 1. The number of rotatable bonds is 7. The van der Waals surface area contributed by atoms with E-state index in [-0.39, 0.29) is 4.90 Å². The minimum absolute atomic E-state index is 0.224. The largest absolute Gasteiger partial charge is 0.384 e. The average molecular weight is 297 g/mol. The fourth-order valence-corrected chi connectivity index (χ4v) is 3.89. The Hall–Kier alpha value is -1.14. The van der Waals surface area contributed by atoms with Gasteiger partial charge in [-0.3, -0.25) is 4.98 Å². The van der Waals surface area contributed by atoms with E-state index in [1.807, 2.05) is 20.8 Å². The second-order valence-corrected chi connectivity index (χ2v) is 7.55. The normalized spacial score (nSPS) is 16.1. The highest BCUT2D eigenvalue weighted by Crippen LogP contribution is 2.40. The van der Waals surface area contributed by atoms with Crippen molar-refractivity contribution in [1.82, 2.24) is 9.71 Å². The highest BCUT2D eigenvalue weighted by atomic mass is 32.2. The van der Waals surface area contributed by atoms with E-state index in [4.69, 9.17) is 0 Å². The van der Waals surface area contributed by atoms with E-state index in [0.29, 0.717) is 11.6 Å². The molecule has 0 radical (unpaired) electrons. The van der Waals surface area contributed by atoms with Gasteiger partial charge in [-0.1, -0.05) is 6.92 Å². The molecule has 0 unspecified atom stereocenters. The fraction of sp³-hybridized carbons (Fsp3) is 0.643. The van der Waals surface area contributed by atoms with Crippen LogP contribution in [0.25, 0.3) is 0 Å². The molecule has 6 heteroatoms. The van der Waals surface area contributed by atoms with Crippen LogP contribution in [0.4, 0.5) is 5.69 Å². The number of aromatic nitrogens is 1. The molecule has 2 N–H and O–H groups in total. The Morgan fingerprint density at radius 3 is 2.70 bits per heavy atom. The van der Waals surface area contributed by atoms with Gasteiger partial charge in [0.2, 0.25) is 10.0 Å². The molecule has 1 aliphatic rings. The first-order valence-electron chi connectivity index (χ1n) is 7.08. The van der Waals surface area contributed by atoms with Crippen LogP contribution in [-0.2, 0) is 10.0 Å². The molecule has 0 bridgehead atoms. The summed E-state index contributed by atoms with van der Waals surface area (Å²) < 4.78 is 28.0. The lowest BCUT2D eigenvalue weighted by molar-refractivity contribution is 0.400. The first-order chi connectivity index (χ1) is 9.37. The Morgan fingerprint density at radius 2 is 2.10 bits per heavy atom. The van der Waals surface area contributed by atoms with E-state index in [1.165, 1.54) is 6.20 Å². The summed E-state index contributed by atoms with van der Waals surface area (Å²) in [6.07, 6.45) is 6.11. The molecule has 5 nitrogen and oxygen atoms in total. The molecule has 1 fully saturated rings. The number of pyridine rings is 1. The molecule has 1 aliphatic carbocycles. The van der Waals surface area contributed by atoms with Crippen molar-refractivity contribution in [3.8, 4) is 0 Å². The molecule has 0 aliphatic heterocycles. The quantitative estimate of drug-likeness (QED) is 0.810. The number of hydrogen-bond acceptors (Lipinski definition) is 4. The maximum Gasteiger partial charge on any atom is 0.244 e. The van der Waals surface area contributed by atoms with Gasteiger partial charge in [-0.15, -0.1) is 0 Å². The molecular weight excluding hydrogens is 274 g/mol. The van der Waals surface area contributed by atoms with Gasteiger partial charge in [0.25, 0.3) is 0 Å². The van der Waals surface area contributed by atoms with Crippen molar-refractivity contribution in [2.75, 3.05) is 11.9 Å². The van der Waals surface area contributed by atoms with Gasteiger partial charge >= 0.3 is 0 Å². The fourth-order valence-electron chi connectivity index (χ4n) is 2.29. The summed E-state index contributed by atoms with van der Waals surface area (Å²) in [5.41, 5.74) is 0.206. The molecule has 2 rings (SSSR count). The van der Waals surface area contributed by atoms with E-state index in [9.17, 15) is 8.42 Å². The summed E-state index contributed by atoms with van der Waals surface area (Å²) in [7, 11) is -3.56. The Morgan fingerprint density at radius 1 is 1.40 bits per heavy atom.